The molecule has 5 nitrogen and oxygen atoms in total. The minimum Gasteiger partial charge on any atom is -0.456 e. The molecule has 0 saturated carbocycles. The molecule has 0 N–H and O–H groups in total. The molecule has 0 bridgehead atoms. The van der Waals surface area contributed by atoms with Gasteiger partial charge in [0, 0.05) is 12.1 Å². The molecule has 0 spiro atoms. The number of rotatable bonds is 4. The van der Waals surface area contributed by atoms with Gasteiger partial charge in [0.2, 0.25) is 0 Å². The maximum Gasteiger partial charge on any atom is 0.416 e. The van der Waals surface area contributed by atoms with Gasteiger partial charge in [0.1, 0.15) is 6.61 Å². The Bertz CT molecular complexity index is 1340. The van der Waals surface area contributed by atoms with Crippen LogP contribution in [0.2, 0.25) is 0 Å². The summed E-state index contributed by atoms with van der Waals surface area (Å²) in [5.41, 5.74) is 0.155. The number of esters is 1. The Labute approximate surface area is 171 Å². The van der Waals surface area contributed by atoms with Crippen molar-refractivity contribution < 1.29 is 22.7 Å². The van der Waals surface area contributed by atoms with Crippen LogP contribution in [0.4, 0.5) is 13.2 Å². The van der Waals surface area contributed by atoms with Gasteiger partial charge in [0.15, 0.2) is 4.96 Å². The number of hydrogen-bond donors (Lipinski definition) is 0. The van der Waals surface area contributed by atoms with E-state index in [0.29, 0.717) is 4.96 Å². The Morgan fingerprint density at radius 2 is 1.93 bits per heavy atom. The molecule has 30 heavy (non-hydrogen) atoms. The molecule has 0 atom stereocenters. The molecule has 0 aliphatic carbocycles. The quantitative estimate of drug-likeness (QED) is 0.348. The molecule has 2 heterocycles. The van der Waals surface area contributed by atoms with Gasteiger partial charge in [-0.1, -0.05) is 35.6 Å². The van der Waals surface area contributed by atoms with Crippen LogP contribution < -0.4 is 5.56 Å². The zero-order chi connectivity index (χ0) is 21.3. The van der Waals surface area contributed by atoms with E-state index in [1.807, 2.05) is 24.3 Å². The summed E-state index contributed by atoms with van der Waals surface area (Å²) < 4.78 is 45.7. The molecule has 4 rings (SSSR count). The van der Waals surface area contributed by atoms with Crippen molar-refractivity contribution in [3.8, 4) is 0 Å². The maximum atomic E-state index is 12.7. The first-order valence-electron chi connectivity index (χ1n) is 8.73. The van der Waals surface area contributed by atoms with E-state index in [9.17, 15) is 22.8 Å². The fourth-order valence-corrected chi connectivity index (χ4v) is 3.92. The monoisotopic (exact) mass is 430 g/mol. The summed E-state index contributed by atoms with van der Waals surface area (Å²) in [5, 5.41) is 0. The molecule has 0 amide bonds. The summed E-state index contributed by atoms with van der Waals surface area (Å²) in [6.07, 6.45) is -2.20. The van der Waals surface area contributed by atoms with Crippen LogP contribution in [-0.2, 0) is 22.3 Å². The molecule has 9 heteroatoms. The first kappa shape index (κ1) is 19.8. The number of nitrogens with zero attached hydrogens (tertiary/aromatic N) is 2. The summed E-state index contributed by atoms with van der Waals surface area (Å²) in [5.74, 6) is -0.759. The van der Waals surface area contributed by atoms with E-state index < -0.39 is 17.7 Å². The molecule has 2 aromatic heterocycles. The lowest BCUT2D eigenvalue weighted by atomic mass is 10.1. The lowest BCUT2D eigenvalue weighted by molar-refractivity contribution is -0.139. The van der Waals surface area contributed by atoms with Gasteiger partial charge in [-0.15, -0.1) is 0 Å². The van der Waals surface area contributed by atoms with Crippen LogP contribution in [-0.4, -0.2) is 15.4 Å². The molecule has 0 unspecified atom stereocenters. The minimum absolute atomic E-state index is 0.213. The third kappa shape index (κ3) is 4.11. The van der Waals surface area contributed by atoms with Crippen molar-refractivity contribution in [1.29, 1.82) is 0 Å². The van der Waals surface area contributed by atoms with E-state index >= 15 is 0 Å². The van der Waals surface area contributed by atoms with Crippen molar-refractivity contribution in [3.05, 3.63) is 87.8 Å². The molecule has 152 valence electrons. The predicted octanol–water partition coefficient (Wildman–Crippen LogP) is 4.68. The van der Waals surface area contributed by atoms with E-state index in [1.54, 1.807) is 0 Å². The second kappa shape index (κ2) is 7.75. The first-order valence-corrected chi connectivity index (χ1v) is 9.55. The lowest BCUT2D eigenvalue weighted by Gasteiger charge is -2.06. The molecular formula is C21H13F3N2O3S. The third-order valence-corrected chi connectivity index (χ3v) is 5.26. The number of hydrogen-bond acceptors (Lipinski definition) is 5. The number of fused-ring (bicyclic) bond motifs is 3. The third-order valence-electron chi connectivity index (χ3n) is 4.24. The van der Waals surface area contributed by atoms with E-state index in [2.05, 4.69) is 4.98 Å². The van der Waals surface area contributed by atoms with E-state index in [4.69, 9.17) is 4.74 Å². The number of halogens is 3. The normalized spacial score (nSPS) is 12.1. The zero-order valence-electron chi connectivity index (χ0n) is 15.2. The van der Waals surface area contributed by atoms with Gasteiger partial charge in [-0.2, -0.15) is 13.2 Å². The zero-order valence-corrected chi connectivity index (χ0v) is 16.0. The Hall–Kier alpha value is -3.46. The highest BCUT2D eigenvalue weighted by Gasteiger charge is 2.30. The highest BCUT2D eigenvalue weighted by Crippen LogP contribution is 2.29. The minimum atomic E-state index is -4.46. The Kier molecular flexibility index (Phi) is 5.13. The number of thiazole rings is 1. The summed E-state index contributed by atoms with van der Waals surface area (Å²) in [6, 6.07) is 13.3. The number of carbonyl (C=O) groups is 1. The SMILES string of the molecule is O=C(C=Cc1cccc(C(F)(F)F)c1)OCc1cc(=O)n2c(n1)sc1ccccc12. The molecule has 2 aromatic carbocycles. The highest BCUT2D eigenvalue weighted by molar-refractivity contribution is 7.23. The Balaban J connectivity index is 1.47. The van der Waals surface area contributed by atoms with Gasteiger partial charge in [-0.05, 0) is 35.9 Å². The molecule has 0 aliphatic heterocycles. The van der Waals surface area contributed by atoms with Crippen molar-refractivity contribution in [3.63, 3.8) is 0 Å². The van der Waals surface area contributed by atoms with Gasteiger partial charge in [-0.3, -0.25) is 9.20 Å². The van der Waals surface area contributed by atoms with Gasteiger partial charge >= 0.3 is 12.1 Å². The van der Waals surface area contributed by atoms with Crippen LogP contribution in [0.15, 0.2) is 65.5 Å². The second-order valence-corrected chi connectivity index (χ2v) is 7.35. The second-order valence-electron chi connectivity index (χ2n) is 6.34. The average Bonchev–Trinajstić information content (AvgIpc) is 3.09. The number of benzene rings is 2. The van der Waals surface area contributed by atoms with Gasteiger partial charge in [0.05, 0.1) is 21.5 Å². The van der Waals surface area contributed by atoms with Gasteiger partial charge in [0.25, 0.3) is 5.56 Å². The summed E-state index contributed by atoms with van der Waals surface area (Å²) in [7, 11) is 0. The van der Waals surface area contributed by atoms with Crippen LogP contribution in [0.1, 0.15) is 16.8 Å². The molecule has 0 aliphatic rings. The molecule has 0 fully saturated rings. The fourth-order valence-electron chi connectivity index (χ4n) is 2.87. The number of aromatic nitrogens is 2. The van der Waals surface area contributed by atoms with Crippen LogP contribution >= 0.6 is 11.3 Å². The number of para-hydroxylation sites is 1. The van der Waals surface area contributed by atoms with Crippen LogP contribution in [0.25, 0.3) is 21.3 Å². The maximum absolute atomic E-state index is 12.7. The van der Waals surface area contributed by atoms with Crippen LogP contribution in [0.5, 0.6) is 0 Å². The van der Waals surface area contributed by atoms with Crippen molar-refractivity contribution in [2.45, 2.75) is 12.8 Å². The Morgan fingerprint density at radius 3 is 2.73 bits per heavy atom. The van der Waals surface area contributed by atoms with Crippen molar-refractivity contribution >= 4 is 38.6 Å². The number of carbonyl (C=O) groups excluding carboxylic acids is 1. The highest BCUT2D eigenvalue weighted by atomic mass is 32.1. The Morgan fingerprint density at radius 1 is 1.13 bits per heavy atom. The van der Waals surface area contributed by atoms with E-state index in [1.165, 1.54) is 40.0 Å². The molecule has 4 aromatic rings. The predicted molar refractivity (Wildman–Crippen MR) is 107 cm³/mol. The van der Waals surface area contributed by atoms with Crippen LogP contribution in [0, 0.1) is 0 Å². The van der Waals surface area contributed by atoms with E-state index in [0.717, 1.165) is 28.4 Å². The number of alkyl halides is 3. The fraction of sp³-hybridized carbons (Fsp3) is 0.0952. The smallest absolute Gasteiger partial charge is 0.416 e. The van der Waals surface area contributed by atoms with E-state index in [-0.39, 0.29) is 23.4 Å². The summed E-state index contributed by atoms with van der Waals surface area (Å²) in [4.78, 5) is 29.2. The van der Waals surface area contributed by atoms with Gasteiger partial charge in [-0.25, -0.2) is 9.78 Å². The molecule has 0 saturated heterocycles. The molecular weight excluding hydrogens is 417 g/mol. The van der Waals surface area contributed by atoms with Crippen molar-refractivity contribution in [1.82, 2.24) is 9.38 Å². The summed E-state index contributed by atoms with van der Waals surface area (Å²) >= 11 is 1.34. The van der Waals surface area contributed by atoms with Crippen LogP contribution in [0.3, 0.4) is 0 Å². The van der Waals surface area contributed by atoms with Crippen molar-refractivity contribution in [2.24, 2.45) is 0 Å². The topological polar surface area (TPSA) is 60.7 Å². The first-order chi connectivity index (χ1) is 14.3. The standard InChI is InChI=1S/C21H13F3N2O3S/c22-21(23,24)14-5-3-4-13(10-14)8-9-19(28)29-12-15-11-18(27)26-16-6-1-2-7-17(16)30-20(26)25-15/h1-11H,12H2. The van der Waals surface area contributed by atoms with Crippen molar-refractivity contribution in [2.75, 3.05) is 0 Å². The average molecular weight is 430 g/mol. The van der Waals surface area contributed by atoms with Gasteiger partial charge < -0.3 is 4.74 Å². The number of ether oxygens (including phenoxy) is 1. The summed E-state index contributed by atoms with van der Waals surface area (Å²) in [6.45, 7) is -0.230. The lowest BCUT2D eigenvalue weighted by Crippen LogP contribution is -2.15. The largest absolute Gasteiger partial charge is 0.456 e. The molecule has 0 radical (unpaired) electrons.